The molecule has 0 aliphatic rings. The van der Waals surface area contributed by atoms with Crippen LogP contribution in [0.2, 0.25) is 0 Å². The Morgan fingerprint density at radius 3 is 2.72 bits per heavy atom. The average molecular weight is 344 g/mol. The molecule has 0 aromatic carbocycles. The van der Waals surface area contributed by atoms with Crippen LogP contribution >= 0.6 is 0 Å². The van der Waals surface area contributed by atoms with Gasteiger partial charge in [0, 0.05) is 20.3 Å². The Balaban J connectivity index is 1.95. The third kappa shape index (κ3) is 2.77. The summed E-state index contributed by atoms with van der Waals surface area (Å²) in [5, 5.41) is 2.67. The second kappa shape index (κ2) is 6.23. The van der Waals surface area contributed by atoms with Gasteiger partial charge >= 0.3 is 5.69 Å². The smallest absolute Gasteiger partial charge is 0.332 e. The van der Waals surface area contributed by atoms with Crippen molar-refractivity contribution in [2.45, 2.75) is 6.54 Å². The van der Waals surface area contributed by atoms with Crippen molar-refractivity contribution in [1.82, 2.24) is 23.7 Å². The number of carbonyl (C=O) groups is 1. The first-order chi connectivity index (χ1) is 11.9. The molecule has 0 unspecified atom stereocenters. The van der Waals surface area contributed by atoms with Gasteiger partial charge in [-0.15, -0.1) is 0 Å². The highest BCUT2D eigenvalue weighted by molar-refractivity contribution is 5.92. The van der Waals surface area contributed by atoms with Crippen LogP contribution in [0.1, 0.15) is 0 Å². The molecule has 0 aliphatic carbocycles. The molecule has 0 saturated heterocycles. The number of amides is 1. The molecule has 0 atom stereocenters. The molecule has 25 heavy (non-hydrogen) atoms. The summed E-state index contributed by atoms with van der Waals surface area (Å²) in [4.78, 5) is 44.7. The minimum Gasteiger partial charge on any atom is -0.480 e. The number of hydrogen-bond acceptors (Lipinski definition) is 6. The first-order valence-electron chi connectivity index (χ1n) is 7.33. The highest BCUT2D eigenvalue weighted by Gasteiger charge is 2.16. The molecule has 130 valence electrons. The van der Waals surface area contributed by atoms with E-state index >= 15 is 0 Å². The molecule has 1 amide bonds. The van der Waals surface area contributed by atoms with Gasteiger partial charge in [-0.25, -0.2) is 14.8 Å². The summed E-state index contributed by atoms with van der Waals surface area (Å²) in [6, 6.07) is 3.31. The van der Waals surface area contributed by atoms with Gasteiger partial charge in [-0.2, -0.15) is 0 Å². The molecule has 3 heterocycles. The van der Waals surface area contributed by atoms with E-state index in [-0.39, 0.29) is 29.5 Å². The lowest BCUT2D eigenvalue weighted by atomic mass is 10.4. The Labute approximate surface area is 141 Å². The summed E-state index contributed by atoms with van der Waals surface area (Å²) in [5.74, 6) is -0.105. The number of nitrogens with one attached hydrogen (secondary N) is 1. The predicted molar refractivity (Wildman–Crippen MR) is 89.6 cm³/mol. The molecule has 10 nitrogen and oxygen atoms in total. The molecule has 0 radical (unpaired) electrons. The summed E-state index contributed by atoms with van der Waals surface area (Å²) < 4.78 is 8.71. The van der Waals surface area contributed by atoms with Gasteiger partial charge in [0.25, 0.3) is 5.56 Å². The van der Waals surface area contributed by atoms with Crippen molar-refractivity contribution in [3.63, 3.8) is 0 Å². The fourth-order valence-corrected chi connectivity index (χ4v) is 2.51. The number of aromatic nitrogens is 5. The molecule has 0 saturated carbocycles. The zero-order chi connectivity index (χ0) is 18.1. The first kappa shape index (κ1) is 16.4. The molecule has 0 bridgehead atoms. The van der Waals surface area contributed by atoms with E-state index in [4.69, 9.17) is 4.74 Å². The van der Waals surface area contributed by atoms with E-state index in [1.807, 2.05) is 0 Å². The highest BCUT2D eigenvalue weighted by atomic mass is 16.5. The normalized spacial score (nSPS) is 10.8. The Hall–Kier alpha value is -3.43. The molecular weight excluding hydrogens is 328 g/mol. The Kier molecular flexibility index (Phi) is 4.09. The van der Waals surface area contributed by atoms with Crippen molar-refractivity contribution >= 4 is 22.8 Å². The number of anilines is 1. The van der Waals surface area contributed by atoms with Gasteiger partial charge < -0.3 is 14.6 Å². The lowest BCUT2D eigenvalue weighted by Crippen LogP contribution is -2.37. The van der Waals surface area contributed by atoms with Crippen molar-refractivity contribution in [2.75, 3.05) is 12.4 Å². The quantitative estimate of drug-likeness (QED) is 0.681. The molecule has 0 aliphatic heterocycles. The van der Waals surface area contributed by atoms with Crippen LogP contribution in [-0.4, -0.2) is 36.7 Å². The van der Waals surface area contributed by atoms with Gasteiger partial charge in [0.1, 0.15) is 12.2 Å². The van der Waals surface area contributed by atoms with Crippen LogP contribution in [0, 0.1) is 0 Å². The number of hydrogen-bond donors (Lipinski definition) is 1. The summed E-state index contributed by atoms with van der Waals surface area (Å²) in [6.45, 7) is -0.151. The van der Waals surface area contributed by atoms with Crippen molar-refractivity contribution in [1.29, 1.82) is 0 Å². The Bertz CT molecular complexity index is 1080. The number of methoxy groups -OCH3 is 1. The molecule has 10 heteroatoms. The van der Waals surface area contributed by atoms with E-state index in [0.717, 1.165) is 4.57 Å². The zero-order valence-corrected chi connectivity index (χ0v) is 13.9. The molecule has 3 aromatic rings. The van der Waals surface area contributed by atoms with Gasteiger partial charge in [-0.05, 0) is 12.1 Å². The van der Waals surface area contributed by atoms with Crippen LogP contribution < -0.4 is 21.3 Å². The topological polar surface area (TPSA) is 113 Å². The van der Waals surface area contributed by atoms with Gasteiger partial charge in [0.2, 0.25) is 11.8 Å². The summed E-state index contributed by atoms with van der Waals surface area (Å²) in [6.07, 6.45) is 2.90. The average Bonchev–Trinajstić information content (AvgIpc) is 3.02. The molecule has 3 rings (SSSR count). The number of ether oxygens (including phenoxy) is 1. The monoisotopic (exact) mass is 344 g/mol. The van der Waals surface area contributed by atoms with Gasteiger partial charge in [-0.3, -0.25) is 18.7 Å². The number of fused-ring (bicyclic) bond motifs is 1. The summed E-state index contributed by atoms with van der Waals surface area (Å²) in [7, 11) is 4.34. The lowest BCUT2D eigenvalue weighted by molar-refractivity contribution is -0.116. The number of aryl methyl sites for hydroxylation is 1. The predicted octanol–water partition coefficient (Wildman–Crippen LogP) is -0.524. The molecule has 3 aromatic heterocycles. The van der Waals surface area contributed by atoms with Crippen molar-refractivity contribution < 1.29 is 9.53 Å². The van der Waals surface area contributed by atoms with Gasteiger partial charge in [0.15, 0.2) is 11.2 Å². The number of nitrogens with zero attached hydrogens (tertiary/aromatic N) is 5. The summed E-state index contributed by atoms with van der Waals surface area (Å²) in [5.41, 5.74) is -0.174. The third-order valence-corrected chi connectivity index (χ3v) is 3.77. The van der Waals surface area contributed by atoms with Crippen LogP contribution in [0.4, 0.5) is 5.69 Å². The van der Waals surface area contributed by atoms with Crippen molar-refractivity contribution in [3.8, 4) is 5.88 Å². The van der Waals surface area contributed by atoms with Gasteiger partial charge in [-0.1, -0.05) is 0 Å². The third-order valence-electron chi connectivity index (χ3n) is 3.77. The second-order valence-corrected chi connectivity index (χ2v) is 5.36. The van der Waals surface area contributed by atoms with E-state index in [1.54, 1.807) is 18.3 Å². The Morgan fingerprint density at radius 2 is 2.00 bits per heavy atom. The molecular formula is C15H16N6O4. The maximum atomic E-state index is 12.4. The maximum absolute atomic E-state index is 12.4. The second-order valence-electron chi connectivity index (χ2n) is 5.36. The molecule has 0 fully saturated rings. The number of pyridine rings is 1. The summed E-state index contributed by atoms with van der Waals surface area (Å²) >= 11 is 0. The van der Waals surface area contributed by atoms with Crippen molar-refractivity contribution in [2.24, 2.45) is 14.1 Å². The van der Waals surface area contributed by atoms with E-state index in [9.17, 15) is 14.4 Å². The number of imidazole rings is 1. The van der Waals surface area contributed by atoms with Crippen molar-refractivity contribution in [3.05, 3.63) is 45.5 Å². The van der Waals surface area contributed by atoms with Crippen LogP contribution in [0.3, 0.4) is 0 Å². The number of carbonyl (C=O) groups excluding carboxylic acids is 1. The van der Waals surface area contributed by atoms with E-state index < -0.39 is 11.2 Å². The molecule has 0 spiro atoms. The van der Waals surface area contributed by atoms with E-state index in [1.165, 1.54) is 36.7 Å². The minimum absolute atomic E-state index is 0.151. The minimum atomic E-state index is -0.512. The Morgan fingerprint density at radius 1 is 1.24 bits per heavy atom. The lowest BCUT2D eigenvalue weighted by Gasteiger charge is -2.10. The zero-order valence-electron chi connectivity index (χ0n) is 13.9. The van der Waals surface area contributed by atoms with Gasteiger partial charge in [0.05, 0.1) is 13.4 Å². The highest BCUT2D eigenvalue weighted by Crippen LogP contribution is 2.19. The maximum Gasteiger partial charge on any atom is 0.332 e. The number of rotatable bonds is 4. The van der Waals surface area contributed by atoms with E-state index in [0.29, 0.717) is 5.69 Å². The fourth-order valence-electron chi connectivity index (χ4n) is 2.51. The SMILES string of the molecule is COc1ncccc1NC(=O)Cn1cnc2c1c(=O)n(C)c(=O)n2C. The fraction of sp³-hybridized carbons (Fsp3) is 0.267. The molecule has 1 N–H and O–H groups in total. The van der Waals surface area contributed by atoms with E-state index in [2.05, 4.69) is 15.3 Å². The van der Waals surface area contributed by atoms with Crippen LogP contribution in [-0.2, 0) is 25.4 Å². The standard InChI is InChI=1S/C15H16N6O4/c1-19-12-11(14(23)20(2)15(19)24)21(8-17-12)7-10(22)18-9-5-4-6-16-13(9)25-3/h4-6,8H,7H2,1-3H3,(H,18,22). The van der Waals surface area contributed by atoms with Crippen LogP contribution in [0.5, 0.6) is 5.88 Å². The van der Waals surface area contributed by atoms with Crippen LogP contribution in [0.15, 0.2) is 34.2 Å². The largest absolute Gasteiger partial charge is 0.480 e. The van der Waals surface area contributed by atoms with Crippen LogP contribution in [0.25, 0.3) is 11.2 Å². The first-order valence-corrected chi connectivity index (χ1v) is 7.33.